The van der Waals surface area contributed by atoms with Gasteiger partial charge in [-0.1, -0.05) is 0 Å². The lowest BCUT2D eigenvalue weighted by Crippen LogP contribution is -2.46. The van der Waals surface area contributed by atoms with Gasteiger partial charge in [-0.25, -0.2) is 4.79 Å². The van der Waals surface area contributed by atoms with Crippen molar-refractivity contribution < 1.29 is 14.4 Å². The van der Waals surface area contributed by atoms with Gasteiger partial charge in [0.2, 0.25) is 5.91 Å². The van der Waals surface area contributed by atoms with E-state index in [9.17, 15) is 14.4 Å². The van der Waals surface area contributed by atoms with Crippen LogP contribution in [-0.4, -0.2) is 57.3 Å². The number of likely N-dealkylation sites (tertiary alicyclic amines) is 1. The SMILES string of the molecule is CC1(C)NC(=O)N(CC(=O)N2CCC[C@H]2CCc2ccncc2)C1=O. The normalized spacial score (nSPS) is 22.4. The first-order valence-electron chi connectivity index (χ1n) is 8.71. The standard InChI is InChI=1S/C18H24N4O3/c1-18(2)16(24)22(17(25)20-18)12-15(23)21-11-3-4-14(21)6-5-13-7-9-19-10-8-13/h7-10,14H,3-6,11-12H2,1-2H3,(H,20,25)/t14-/m0/s1. The Balaban J connectivity index is 1.59. The van der Waals surface area contributed by atoms with Crippen molar-refractivity contribution in [1.29, 1.82) is 0 Å². The van der Waals surface area contributed by atoms with Crippen LogP contribution in [0.4, 0.5) is 4.79 Å². The van der Waals surface area contributed by atoms with E-state index in [2.05, 4.69) is 10.3 Å². The fraction of sp³-hybridized carbons (Fsp3) is 0.556. The van der Waals surface area contributed by atoms with E-state index in [0.717, 1.165) is 30.6 Å². The Morgan fingerprint density at radius 1 is 1.32 bits per heavy atom. The average Bonchev–Trinajstić information content (AvgIpc) is 3.12. The van der Waals surface area contributed by atoms with Crippen molar-refractivity contribution in [1.82, 2.24) is 20.1 Å². The number of rotatable bonds is 5. The first-order valence-corrected chi connectivity index (χ1v) is 8.71. The molecule has 0 spiro atoms. The number of imide groups is 1. The lowest BCUT2D eigenvalue weighted by atomic mass is 10.0. The quantitative estimate of drug-likeness (QED) is 0.817. The van der Waals surface area contributed by atoms with Crippen molar-refractivity contribution in [3.8, 4) is 0 Å². The fourth-order valence-electron chi connectivity index (χ4n) is 3.53. The number of aryl methyl sites for hydroxylation is 1. The highest BCUT2D eigenvalue weighted by Gasteiger charge is 2.45. The van der Waals surface area contributed by atoms with Gasteiger partial charge in [-0.05, 0) is 57.2 Å². The Morgan fingerprint density at radius 3 is 2.68 bits per heavy atom. The summed E-state index contributed by atoms with van der Waals surface area (Å²) >= 11 is 0. The highest BCUT2D eigenvalue weighted by Crippen LogP contribution is 2.23. The molecule has 0 aromatic carbocycles. The molecule has 0 unspecified atom stereocenters. The Kier molecular flexibility index (Phi) is 4.74. The van der Waals surface area contributed by atoms with Crippen LogP contribution >= 0.6 is 0 Å². The summed E-state index contributed by atoms with van der Waals surface area (Å²) in [6, 6.07) is 3.64. The minimum Gasteiger partial charge on any atom is -0.338 e. The maximum absolute atomic E-state index is 12.7. The molecule has 7 nitrogen and oxygen atoms in total. The predicted octanol–water partition coefficient (Wildman–Crippen LogP) is 1.34. The van der Waals surface area contributed by atoms with Crippen LogP contribution in [-0.2, 0) is 16.0 Å². The zero-order valence-electron chi connectivity index (χ0n) is 14.7. The molecule has 0 saturated carbocycles. The van der Waals surface area contributed by atoms with Crippen LogP contribution < -0.4 is 5.32 Å². The number of aromatic nitrogens is 1. The molecule has 2 aliphatic rings. The third-order valence-corrected chi connectivity index (χ3v) is 4.95. The maximum atomic E-state index is 12.7. The van der Waals surface area contributed by atoms with Crippen LogP contribution in [0.5, 0.6) is 0 Å². The third kappa shape index (κ3) is 3.65. The molecule has 2 fully saturated rings. The van der Waals surface area contributed by atoms with Gasteiger partial charge in [-0.2, -0.15) is 0 Å². The minimum atomic E-state index is -0.941. The molecule has 134 valence electrons. The zero-order valence-corrected chi connectivity index (χ0v) is 14.7. The van der Waals surface area contributed by atoms with Gasteiger partial charge >= 0.3 is 6.03 Å². The van der Waals surface area contributed by atoms with Crippen LogP contribution in [0.25, 0.3) is 0 Å². The lowest BCUT2D eigenvalue weighted by molar-refractivity contribution is -0.139. The molecule has 1 atom stereocenters. The molecule has 2 aliphatic heterocycles. The Hall–Kier alpha value is -2.44. The maximum Gasteiger partial charge on any atom is 0.325 e. The monoisotopic (exact) mass is 344 g/mol. The van der Waals surface area contributed by atoms with Crippen LogP contribution in [0.3, 0.4) is 0 Å². The summed E-state index contributed by atoms with van der Waals surface area (Å²) in [5.74, 6) is -0.503. The van der Waals surface area contributed by atoms with E-state index in [1.54, 1.807) is 26.2 Å². The second-order valence-corrected chi connectivity index (χ2v) is 7.22. The molecule has 2 saturated heterocycles. The van der Waals surface area contributed by atoms with Gasteiger partial charge in [0.15, 0.2) is 0 Å². The molecule has 0 bridgehead atoms. The molecule has 25 heavy (non-hydrogen) atoms. The Morgan fingerprint density at radius 2 is 2.04 bits per heavy atom. The number of carbonyl (C=O) groups excluding carboxylic acids is 3. The molecule has 4 amide bonds. The van der Waals surface area contributed by atoms with Crippen LogP contribution in [0, 0.1) is 0 Å². The molecular formula is C18H24N4O3. The van der Waals surface area contributed by atoms with Gasteiger partial charge in [0.1, 0.15) is 12.1 Å². The summed E-state index contributed by atoms with van der Waals surface area (Å²) in [4.78, 5) is 43.7. The molecule has 1 N–H and O–H groups in total. The number of urea groups is 1. The molecule has 7 heteroatoms. The Bertz CT molecular complexity index is 674. The number of hydrogen-bond donors (Lipinski definition) is 1. The smallest absolute Gasteiger partial charge is 0.325 e. The van der Waals surface area contributed by atoms with Crippen molar-refractivity contribution >= 4 is 17.8 Å². The van der Waals surface area contributed by atoms with Crippen molar-refractivity contribution in [2.24, 2.45) is 0 Å². The highest BCUT2D eigenvalue weighted by molar-refractivity contribution is 6.08. The first kappa shape index (κ1) is 17.4. The van der Waals surface area contributed by atoms with Crippen LogP contribution in [0.1, 0.15) is 38.7 Å². The number of hydrogen-bond acceptors (Lipinski definition) is 4. The molecule has 1 aromatic heterocycles. The molecular weight excluding hydrogens is 320 g/mol. The number of nitrogens with one attached hydrogen (secondary N) is 1. The largest absolute Gasteiger partial charge is 0.338 e. The predicted molar refractivity (Wildman–Crippen MR) is 91.6 cm³/mol. The zero-order chi connectivity index (χ0) is 18.0. The summed E-state index contributed by atoms with van der Waals surface area (Å²) in [6.07, 6.45) is 7.22. The number of nitrogens with zero attached hydrogens (tertiary/aromatic N) is 3. The van der Waals surface area contributed by atoms with E-state index in [1.807, 2.05) is 17.0 Å². The van der Waals surface area contributed by atoms with Gasteiger partial charge in [-0.15, -0.1) is 0 Å². The minimum absolute atomic E-state index is 0.154. The van der Waals surface area contributed by atoms with Gasteiger partial charge in [-0.3, -0.25) is 19.5 Å². The van der Waals surface area contributed by atoms with Gasteiger partial charge in [0.25, 0.3) is 5.91 Å². The molecule has 3 heterocycles. The van der Waals surface area contributed by atoms with Crippen molar-refractivity contribution in [2.45, 2.75) is 51.1 Å². The molecule has 0 radical (unpaired) electrons. The Labute approximate surface area is 147 Å². The highest BCUT2D eigenvalue weighted by atomic mass is 16.2. The van der Waals surface area contributed by atoms with Gasteiger partial charge in [0.05, 0.1) is 0 Å². The van der Waals surface area contributed by atoms with Gasteiger partial charge < -0.3 is 10.2 Å². The lowest BCUT2D eigenvalue weighted by Gasteiger charge is -2.26. The summed E-state index contributed by atoms with van der Waals surface area (Å²) in [5.41, 5.74) is 0.258. The van der Waals surface area contributed by atoms with Crippen molar-refractivity contribution in [3.63, 3.8) is 0 Å². The van der Waals surface area contributed by atoms with Crippen LogP contribution in [0.2, 0.25) is 0 Å². The number of pyridine rings is 1. The molecule has 0 aliphatic carbocycles. The van der Waals surface area contributed by atoms with E-state index in [-0.39, 0.29) is 24.4 Å². The second-order valence-electron chi connectivity index (χ2n) is 7.22. The second kappa shape index (κ2) is 6.82. The van der Waals surface area contributed by atoms with Gasteiger partial charge in [0, 0.05) is 25.0 Å². The average molecular weight is 344 g/mol. The van der Waals surface area contributed by atoms with E-state index in [1.165, 1.54) is 5.56 Å². The topological polar surface area (TPSA) is 82.6 Å². The number of amides is 4. The van der Waals surface area contributed by atoms with E-state index < -0.39 is 11.6 Å². The van der Waals surface area contributed by atoms with Crippen LogP contribution in [0.15, 0.2) is 24.5 Å². The third-order valence-electron chi connectivity index (χ3n) is 4.95. The summed E-state index contributed by atoms with van der Waals surface area (Å²) in [6.45, 7) is 3.79. The summed E-state index contributed by atoms with van der Waals surface area (Å²) in [5, 5.41) is 2.61. The fourth-order valence-corrected chi connectivity index (χ4v) is 3.53. The van der Waals surface area contributed by atoms with E-state index >= 15 is 0 Å². The van der Waals surface area contributed by atoms with E-state index in [0.29, 0.717) is 6.54 Å². The first-order chi connectivity index (χ1) is 11.9. The summed E-state index contributed by atoms with van der Waals surface area (Å²) < 4.78 is 0. The van der Waals surface area contributed by atoms with Crippen molar-refractivity contribution in [3.05, 3.63) is 30.1 Å². The molecule has 1 aromatic rings. The van der Waals surface area contributed by atoms with Crippen molar-refractivity contribution in [2.75, 3.05) is 13.1 Å². The molecule has 3 rings (SSSR count). The summed E-state index contributed by atoms with van der Waals surface area (Å²) in [7, 11) is 0. The van der Waals surface area contributed by atoms with E-state index in [4.69, 9.17) is 0 Å². The number of carbonyl (C=O) groups is 3.